The normalized spacial score (nSPS) is 14.6. The van der Waals surface area contributed by atoms with Crippen molar-refractivity contribution in [3.63, 3.8) is 0 Å². The van der Waals surface area contributed by atoms with Crippen LogP contribution in [0.15, 0.2) is 48.5 Å². The Hall–Kier alpha value is -2.20. The first kappa shape index (κ1) is 27.0. The summed E-state index contributed by atoms with van der Waals surface area (Å²) in [6.07, 6.45) is -1.27. The average Bonchev–Trinajstić information content (AvgIpc) is 2.69. The van der Waals surface area contributed by atoms with E-state index in [0.717, 1.165) is 11.1 Å². The summed E-state index contributed by atoms with van der Waals surface area (Å²) in [6.45, 7) is 5.53. The molecule has 0 aromatic heterocycles. The lowest BCUT2D eigenvalue weighted by molar-refractivity contribution is -0.905. The first-order valence-electron chi connectivity index (χ1n) is 11.2. The average molecular weight is 463 g/mol. The third-order valence-electron chi connectivity index (χ3n) is 5.40. The Balaban J connectivity index is 1.96. The van der Waals surface area contributed by atoms with E-state index in [0.29, 0.717) is 24.6 Å². The molecule has 0 aliphatic rings. The lowest BCUT2D eigenvalue weighted by Gasteiger charge is -2.27. The summed E-state index contributed by atoms with van der Waals surface area (Å²) in [7, 11) is 7.29. The fourth-order valence-electron chi connectivity index (χ4n) is 3.68. The zero-order valence-electron chi connectivity index (χ0n) is 20.9. The number of hydrogen-bond acceptors (Lipinski definition) is 6. The number of nitrogens with zero attached hydrogens (tertiary/aromatic N) is 2. The summed E-state index contributed by atoms with van der Waals surface area (Å²) in [5, 5.41) is 20.1. The van der Waals surface area contributed by atoms with Crippen LogP contribution in [-0.2, 0) is 5.41 Å². The number of ether oxygens (including phenoxy) is 2. The second kappa shape index (κ2) is 10.8. The Morgan fingerprint density at radius 3 is 1.27 bits per heavy atom. The first-order valence-corrected chi connectivity index (χ1v) is 11.2. The molecule has 0 saturated carbocycles. The van der Waals surface area contributed by atoms with Gasteiger partial charge in [-0.2, -0.15) is 11.7 Å². The van der Waals surface area contributed by atoms with E-state index >= 15 is 0 Å². The highest BCUT2D eigenvalue weighted by Gasteiger charge is 2.24. The minimum atomic E-state index is -0.635. The van der Waals surface area contributed by atoms with Crippen LogP contribution < -0.4 is 21.2 Å². The van der Waals surface area contributed by atoms with Crippen molar-refractivity contribution in [2.45, 2.75) is 31.5 Å². The van der Waals surface area contributed by atoms with Crippen LogP contribution in [0.2, 0.25) is 0 Å². The molecule has 2 atom stereocenters. The van der Waals surface area contributed by atoms with Gasteiger partial charge in [-0.1, -0.05) is 38.1 Å². The van der Waals surface area contributed by atoms with Gasteiger partial charge in [-0.3, -0.25) is 9.18 Å². The number of nitrogens with two attached hydrogens (primary N) is 2. The molecule has 0 amide bonds. The zero-order chi connectivity index (χ0) is 24.9. The standard InChI is InChI=1S/C25H42N4O4/c1-25(2,19-7-11-23(12-8-19)32-17-21(30)15-28(3,4)26)20-9-13-24(14-10-20)33-18-22(31)16-29(5,6)27/h7-14,21-22,30-31H,15-18,26-27H2,1-6H3/q+2/t21-,22+. The second-order valence-corrected chi connectivity index (χ2v) is 10.5. The quantitative estimate of drug-likeness (QED) is 0.216. The highest BCUT2D eigenvalue weighted by atomic mass is 16.5. The third kappa shape index (κ3) is 9.29. The van der Waals surface area contributed by atoms with E-state index in [2.05, 4.69) is 13.8 Å². The first-order chi connectivity index (χ1) is 15.2. The molecular formula is C25H42N4O4+2. The molecule has 33 heavy (non-hydrogen) atoms. The molecule has 0 fully saturated rings. The van der Waals surface area contributed by atoms with Gasteiger partial charge in [-0.05, 0) is 35.4 Å². The van der Waals surface area contributed by atoms with Crippen LogP contribution in [0.5, 0.6) is 11.5 Å². The molecule has 184 valence electrons. The van der Waals surface area contributed by atoms with E-state index in [9.17, 15) is 10.2 Å². The van der Waals surface area contributed by atoms with Crippen LogP contribution in [0.1, 0.15) is 25.0 Å². The van der Waals surface area contributed by atoms with Gasteiger partial charge in [0.15, 0.2) is 0 Å². The predicted molar refractivity (Wildman–Crippen MR) is 130 cm³/mol. The highest BCUT2D eigenvalue weighted by molar-refractivity contribution is 5.41. The molecule has 8 heteroatoms. The van der Waals surface area contributed by atoms with Crippen LogP contribution in [0.4, 0.5) is 0 Å². The number of rotatable bonds is 12. The number of hydrogen-bond donors (Lipinski definition) is 4. The predicted octanol–water partition coefficient (Wildman–Crippen LogP) is 1.39. The summed E-state index contributed by atoms with van der Waals surface area (Å²) >= 11 is 0. The lowest BCUT2D eigenvalue weighted by Crippen LogP contribution is -2.52. The van der Waals surface area contributed by atoms with Crippen molar-refractivity contribution < 1.29 is 28.9 Å². The van der Waals surface area contributed by atoms with Gasteiger partial charge in [-0.25, -0.2) is 0 Å². The molecule has 0 aliphatic carbocycles. The van der Waals surface area contributed by atoms with Gasteiger partial charge in [0.05, 0.1) is 28.2 Å². The Morgan fingerprint density at radius 1 is 0.697 bits per heavy atom. The number of likely N-dealkylation sites (N-methyl/N-ethyl adjacent to an activating group) is 2. The fraction of sp³-hybridized carbons (Fsp3) is 0.520. The summed E-state index contributed by atoms with van der Waals surface area (Å²) in [4.78, 5) is 0. The molecule has 2 aromatic carbocycles. The number of aliphatic hydroxyl groups excluding tert-OH is 2. The van der Waals surface area contributed by atoms with Gasteiger partial charge in [0.2, 0.25) is 0 Å². The van der Waals surface area contributed by atoms with Gasteiger partial charge < -0.3 is 19.7 Å². The molecule has 0 saturated heterocycles. The second-order valence-electron chi connectivity index (χ2n) is 10.5. The molecule has 0 unspecified atom stereocenters. The van der Waals surface area contributed by atoms with Crippen LogP contribution in [-0.4, -0.2) is 86.1 Å². The fourth-order valence-corrected chi connectivity index (χ4v) is 3.68. The Kier molecular flexibility index (Phi) is 8.87. The monoisotopic (exact) mass is 462 g/mol. The van der Waals surface area contributed by atoms with E-state index < -0.39 is 12.2 Å². The molecule has 6 N–H and O–H groups in total. The van der Waals surface area contributed by atoms with E-state index in [-0.39, 0.29) is 27.8 Å². The maximum atomic E-state index is 10.1. The van der Waals surface area contributed by atoms with Crippen molar-refractivity contribution in [1.29, 1.82) is 0 Å². The molecule has 0 radical (unpaired) electrons. The summed E-state index contributed by atoms with van der Waals surface area (Å²) in [5.74, 6) is 13.2. The molecule has 0 heterocycles. The molecule has 0 aliphatic heterocycles. The third-order valence-corrected chi connectivity index (χ3v) is 5.40. The van der Waals surface area contributed by atoms with Gasteiger partial charge >= 0.3 is 0 Å². The molecular weight excluding hydrogens is 420 g/mol. The van der Waals surface area contributed by atoms with Gasteiger partial charge in [-0.15, -0.1) is 0 Å². The Bertz CT molecular complexity index is 784. The Morgan fingerprint density at radius 2 is 1.00 bits per heavy atom. The Labute approximate surface area is 198 Å². The number of quaternary nitrogens is 2. The van der Waals surface area contributed by atoms with Crippen molar-refractivity contribution in [3.05, 3.63) is 59.7 Å². The topological polar surface area (TPSA) is 111 Å². The zero-order valence-corrected chi connectivity index (χ0v) is 20.9. The summed E-state index contributed by atoms with van der Waals surface area (Å²) in [5.41, 5.74) is 2.06. The van der Waals surface area contributed by atoms with Crippen LogP contribution in [0, 0.1) is 0 Å². The van der Waals surface area contributed by atoms with Crippen LogP contribution in [0.25, 0.3) is 0 Å². The van der Waals surface area contributed by atoms with Gasteiger partial charge in [0.25, 0.3) is 0 Å². The minimum Gasteiger partial charge on any atom is -0.491 e. The van der Waals surface area contributed by atoms with Crippen molar-refractivity contribution in [3.8, 4) is 11.5 Å². The van der Waals surface area contributed by atoms with E-state index in [1.165, 1.54) is 0 Å². The molecule has 0 bridgehead atoms. The van der Waals surface area contributed by atoms with Crippen molar-refractivity contribution in [2.24, 2.45) is 11.7 Å². The van der Waals surface area contributed by atoms with Gasteiger partial charge in [0, 0.05) is 5.41 Å². The van der Waals surface area contributed by atoms with Crippen molar-refractivity contribution >= 4 is 0 Å². The molecule has 8 nitrogen and oxygen atoms in total. The van der Waals surface area contributed by atoms with E-state index in [1.807, 2.05) is 76.7 Å². The lowest BCUT2D eigenvalue weighted by atomic mass is 9.78. The highest BCUT2D eigenvalue weighted by Crippen LogP contribution is 2.33. The number of aliphatic hydroxyl groups is 2. The minimum absolute atomic E-state index is 0.188. The summed E-state index contributed by atoms with van der Waals surface area (Å²) < 4.78 is 11.8. The smallest absolute Gasteiger partial charge is 0.138 e. The molecule has 2 rings (SSSR count). The van der Waals surface area contributed by atoms with Crippen LogP contribution in [0.3, 0.4) is 0 Å². The maximum Gasteiger partial charge on any atom is 0.138 e. The van der Waals surface area contributed by atoms with Crippen LogP contribution >= 0.6 is 0 Å². The van der Waals surface area contributed by atoms with Crippen molar-refractivity contribution in [2.75, 3.05) is 54.5 Å². The SMILES string of the molecule is CC(C)(c1ccc(OC[C@@H](O)C[N+](C)(C)N)cc1)c1ccc(OC[C@H](O)C[N+](C)(C)N)cc1. The van der Waals surface area contributed by atoms with E-state index in [1.54, 1.807) is 0 Å². The largest absolute Gasteiger partial charge is 0.491 e. The molecule has 0 spiro atoms. The number of benzene rings is 2. The van der Waals surface area contributed by atoms with Crippen molar-refractivity contribution in [1.82, 2.24) is 0 Å². The molecule has 2 aromatic rings. The van der Waals surface area contributed by atoms with E-state index in [4.69, 9.17) is 21.2 Å². The summed E-state index contributed by atoms with van der Waals surface area (Å²) in [6, 6.07) is 15.8. The maximum absolute atomic E-state index is 10.1. The van der Waals surface area contributed by atoms with Gasteiger partial charge in [0.1, 0.15) is 50.0 Å².